The van der Waals surface area contributed by atoms with Crippen molar-refractivity contribution in [3.05, 3.63) is 46.3 Å². The van der Waals surface area contributed by atoms with Crippen LogP contribution in [0.5, 0.6) is 11.6 Å². The number of hydrogen-bond donors (Lipinski definition) is 1. The zero-order chi connectivity index (χ0) is 16.2. The van der Waals surface area contributed by atoms with Gasteiger partial charge in [0.15, 0.2) is 0 Å². The second-order valence-corrected chi connectivity index (χ2v) is 7.02. The highest BCUT2D eigenvalue weighted by Crippen LogP contribution is 2.23. The lowest BCUT2D eigenvalue weighted by Crippen LogP contribution is -2.24. The Bertz CT molecular complexity index is 731. The van der Waals surface area contributed by atoms with Gasteiger partial charge in [-0.25, -0.2) is 18.1 Å². The molecule has 0 atom stereocenters. The third-order valence-corrected chi connectivity index (χ3v) is 3.66. The van der Waals surface area contributed by atoms with Gasteiger partial charge in [-0.2, -0.15) is 4.98 Å². The minimum absolute atomic E-state index is 0.00553. The van der Waals surface area contributed by atoms with Gasteiger partial charge in [0.25, 0.3) is 0 Å². The van der Waals surface area contributed by atoms with Crippen LogP contribution in [0.2, 0.25) is 10.4 Å². The Morgan fingerprint density at radius 3 is 2.45 bits per heavy atom. The zero-order valence-electron chi connectivity index (χ0n) is 11.6. The van der Waals surface area contributed by atoms with Gasteiger partial charge in [0.1, 0.15) is 10.9 Å². The van der Waals surface area contributed by atoms with E-state index in [1.807, 2.05) is 12.1 Å². The SMILES string of the molecule is CS(=O)(=O)NCCc1ccc(Oc2cc(Cl)nc(Cl)n2)cc1. The molecule has 6 nitrogen and oxygen atoms in total. The fourth-order valence-electron chi connectivity index (χ4n) is 1.65. The van der Waals surface area contributed by atoms with Gasteiger partial charge in [-0.3, -0.25) is 0 Å². The van der Waals surface area contributed by atoms with Crippen molar-refractivity contribution in [3.8, 4) is 11.6 Å². The number of ether oxygens (including phenoxy) is 1. The first-order valence-corrected chi connectivity index (χ1v) is 8.88. The van der Waals surface area contributed by atoms with Crippen LogP contribution in [0.3, 0.4) is 0 Å². The highest BCUT2D eigenvalue weighted by atomic mass is 35.5. The number of hydrogen-bond acceptors (Lipinski definition) is 5. The number of rotatable bonds is 6. The first-order chi connectivity index (χ1) is 10.3. The quantitative estimate of drug-likeness (QED) is 0.631. The molecule has 9 heteroatoms. The molecule has 1 aromatic carbocycles. The van der Waals surface area contributed by atoms with Crippen LogP contribution < -0.4 is 9.46 Å². The number of aromatic nitrogens is 2. The summed E-state index contributed by atoms with van der Waals surface area (Å²) in [4.78, 5) is 7.63. The molecule has 0 spiro atoms. The van der Waals surface area contributed by atoms with Crippen LogP contribution in [-0.2, 0) is 16.4 Å². The Morgan fingerprint density at radius 1 is 1.18 bits per heavy atom. The minimum Gasteiger partial charge on any atom is -0.439 e. The molecule has 1 aromatic heterocycles. The molecule has 1 N–H and O–H groups in total. The number of benzene rings is 1. The average Bonchev–Trinajstić information content (AvgIpc) is 2.38. The molecule has 0 saturated carbocycles. The zero-order valence-corrected chi connectivity index (χ0v) is 13.9. The van der Waals surface area contributed by atoms with Crippen LogP contribution in [0.25, 0.3) is 0 Å². The summed E-state index contributed by atoms with van der Waals surface area (Å²) in [5.41, 5.74) is 0.974. The minimum atomic E-state index is -3.17. The van der Waals surface area contributed by atoms with E-state index in [0.29, 0.717) is 18.7 Å². The Balaban J connectivity index is 1.97. The van der Waals surface area contributed by atoms with Crippen molar-refractivity contribution in [2.24, 2.45) is 0 Å². The van der Waals surface area contributed by atoms with Crippen LogP contribution in [0.15, 0.2) is 30.3 Å². The molecule has 0 saturated heterocycles. The molecule has 0 aliphatic rings. The van der Waals surface area contributed by atoms with Gasteiger partial charge in [0, 0.05) is 12.6 Å². The molecule has 1 heterocycles. The number of nitrogens with zero attached hydrogens (tertiary/aromatic N) is 2. The Morgan fingerprint density at radius 2 is 1.86 bits per heavy atom. The second-order valence-electron chi connectivity index (χ2n) is 4.46. The van der Waals surface area contributed by atoms with E-state index in [1.54, 1.807) is 12.1 Å². The maximum absolute atomic E-state index is 11.0. The lowest BCUT2D eigenvalue weighted by atomic mass is 10.1. The molecule has 22 heavy (non-hydrogen) atoms. The van der Waals surface area contributed by atoms with Crippen molar-refractivity contribution in [1.82, 2.24) is 14.7 Å². The Labute approximate surface area is 138 Å². The molecule has 0 bridgehead atoms. The molecule has 118 valence electrons. The number of sulfonamides is 1. The summed E-state index contributed by atoms with van der Waals surface area (Å²) in [6.07, 6.45) is 1.71. The summed E-state index contributed by atoms with van der Waals surface area (Å²) in [7, 11) is -3.17. The average molecular weight is 362 g/mol. The van der Waals surface area contributed by atoms with Crippen molar-refractivity contribution < 1.29 is 13.2 Å². The summed E-state index contributed by atoms with van der Waals surface area (Å²) in [5, 5.41) is 0.199. The van der Waals surface area contributed by atoms with Gasteiger partial charge in [-0.15, -0.1) is 0 Å². The van der Waals surface area contributed by atoms with Crippen molar-refractivity contribution in [2.45, 2.75) is 6.42 Å². The summed E-state index contributed by atoms with van der Waals surface area (Å²) in [6, 6.07) is 8.63. The van der Waals surface area contributed by atoms with E-state index < -0.39 is 10.0 Å². The topological polar surface area (TPSA) is 81.2 Å². The smallest absolute Gasteiger partial charge is 0.227 e. The number of halogens is 2. The fourth-order valence-corrected chi connectivity index (χ4v) is 2.51. The molecule has 0 aliphatic heterocycles. The fraction of sp³-hybridized carbons (Fsp3) is 0.231. The van der Waals surface area contributed by atoms with Crippen molar-refractivity contribution in [1.29, 1.82) is 0 Å². The monoisotopic (exact) mass is 361 g/mol. The molecular weight excluding hydrogens is 349 g/mol. The van der Waals surface area contributed by atoms with Crippen molar-refractivity contribution in [3.63, 3.8) is 0 Å². The maximum atomic E-state index is 11.0. The standard InChI is InChI=1S/C13H13Cl2N3O3S/c1-22(19,20)16-7-6-9-2-4-10(5-3-9)21-12-8-11(14)17-13(15)18-12/h2-5,8,16H,6-7H2,1H3. The largest absolute Gasteiger partial charge is 0.439 e. The third kappa shape index (κ3) is 5.76. The highest BCUT2D eigenvalue weighted by Gasteiger charge is 2.05. The van der Waals surface area contributed by atoms with Crippen LogP contribution in [0, 0.1) is 0 Å². The normalized spacial score (nSPS) is 11.4. The van der Waals surface area contributed by atoms with E-state index in [1.165, 1.54) is 6.07 Å². The van der Waals surface area contributed by atoms with Crippen LogP contribution >= 0.6 is 23.2 Å². The molecule has 0 radical (unpaired) electrons. The summed E-state index contributed by atoms with van der Waals surface area (Å²) in [5.74, 6) is 0.808. The Hall–Kier alpha value is -1.41. The van der Waals surface area contributed by atoms with Gasteiger partial charge < -0.3 is 4.74 Å². The summed E-state index contributed by atoms with van der Waals surface area (Å²) < 4.78 is 29.9. The van der Waals surface area contributed by atoms with Crippen LogP contribution in [-0.4, -0.2) is 31.2 Å². The molecule has 0 aliphatic carbocycles. The van der Waals surface area contributed by atoms with E-state index in [9.17, 15) is 8.42 Å². The third-order valence-electron chi connectivity index (χ3n) is 2.57. The lowest BCUT2D eigenvalue weighted by Gasteiger charge is -2.07. The predicted octanol–water partition coefficient (Wildman–Crippen LogP) is 2.67. The van der Waals surface area contributed by atoms with E-state index in [0.717, 1.165) is 11.8 Å². The van der Waals surface area contributed by atoms with E-state index in [-0.39, 0.29) is 16.3 Å². The van der Waals surface area contributed by atoms with Gasteiger partial charge in [-0.1, -0.05) is 23.7 Å². The summed E-state index contributed by atoms with van der Waals surface area (Å²) >= 11 is 11.5. The molecule has 0 fully saturated rings. The van der Waals surface area contributed by atoms with Crippen LogP contribution in [0.1, 0.15) is 5.56 Å². The maximum Gasteiger partial charge on any atom is 0.227 e. The van der Waals surface area contributed by atoms with E-state index in [2.05, 4.69) is 14.7 Å². The summed E-state index contributed by atoms with van der Waals surface area (Å²) in [6.45, 7) is 0.343. The predicted molar refractivity (Wildman–Crippen MR) is 85.1 cm³/mol. The Kier molecular flexibility index (Phi) is 5.57. The van der Waals surface area contributed by atoms with Crippen molar-refractivity contribution in [2.75, 3.05) is 12.8 Å². The molecule has 2 rings (SSSR count). The lowest BCUT2D eigenvalue weighted by molar-refractivity contribution is 0.461. The van der Waals surface area contributed by atoms with Gasteiger partial charge >= 0.3 is 0 Å². The van der Waals surface area contributed by atoms with E-state index in [4.69, 9.17) is 27.9 Å². The molecular formula is C13H13Cl2N3O3S. The van der Waals surface area contributed by atoms with Gasteiger partial charge in [0.05, 0.1) is 6.26 Å². The van der Waals surface area contributed by atoms with Gasteiger partial charge in [-0.05, 0) is 35.7 Å². The molecule has 2 aromatic rings. The van der Waals surface area contributed by atoms with Crippen molar-refractivity contribution >= 4 is 33.2 Å². The number of nitrogens with one attached hydrogen (secondary N) is 1. The first-order valence-electron chi connectivity index (χ1n) is 6.23. The second kappa shape index (κ2) is 7.23. The molecule has 0 amide bonds. The molecule has 0 unspecified atom stereocenters. The highest BCUT2D eigenvalue weighted by molar-refractivity contribution is 7.88. The van der Waals surface area contributed by atoms with Crippen LogP contribution in [0.4, 0.5) is 0 Å². The first kappa shape index (κ1) is 17.0. The van der Waals surface area contributed by atoms with Gasteiger partial charge in [0.2, 0.25) is 21.2 Å². The van der Waals surface area contributed by atoms with E-state index >= 15 is 0 Å².